The number of carbonyl (C=O) groups is 2. The average molecular weight is 459 g/mol. The van der Waals surface area contributed by atoms with Crippen molar-refractivity contribution >= 4 is 44.8 Å². The van der Waals surface area contributed by atoms with Gasteiger partial charge in [-0.05, 0) is 35.0 Å². The predicted octanol–water partition coefficient (Wildman–Crippen LogP) is 5.96. The van der Waals surface area contributed by atoms with E-state index in [-0.39, 0.29) is 11.3 Å². The van der Waals surface area contributed by atoms with Gasteiger partial charge in [0.15, 0.2) is 0 Å². The molecule has 1 amide bonds. The van der Waals surface area contributed by atoms with Crippen LogP contribution in [0.1, 0.15) is 17.2 Å². The van der Waals surface area contributed by atoms with Crippen molar-refractivity contribution in [3.05, 3.63) is 120 Å². The third-order valence-corrected chi connectivity index (χ3v) is 6.72. The molecule has 0 bridgehead atoms. The number of nitrogens with zero attached hydrogens (tertiary/aromatic N) is 2. The number of amides is 1. The molecule has 170 valence electrons. The van der Waals surface area contributed by atoms with Crippen LogP contribution in [0.4, 0.5) is 5.69 Å². The average Bonchev–Trinajstić information content (AvgIpc) is 3.37. The van der Waals surface area contributed by atoms with Crippen LogP contribution in [-0.2, 0) is 16.6 Å². The molecule has 2 heterocycles. The van der Waals surface area contributed by atoms with Crippen LogP contribution in [0, 0.1) is 0 Å². The standard InChI is InChI=1S/C30H22N2O3/c1-31-18-24(23-13-7-8-14-25(23)31)27-26(29(34)30(35)32(27)22-11-3-2-4-12-22)28(33)21-16-15-19-9-5-6-10-20(19)17-21/h2-18,27,33H,1H3/b28-26+. The Kier molecular flexibility index (Phi) is 4.78. The van der Waals surface area contributed by atoms with Gasteiger partial charge in [-0.15, -0.1) is 0 Å². The second kappa shape index (κ2) is 7.99. The minimum atomic E-state index is -0.769. The number of hydrogen-bond donors (Lipinski definition) is 1. The van der Waals surface area contributed by atoms with Crippen LogP contribution in [0.5, 0.6) is 0 Å². The lowest BCUT2D eigenvalue weighted by Gasteiger charge is -2.25. The van der Waals surface area contributed by atoms with Gasteiger partial charge in [0, 0.05) is 41.0 Å². The van der Waals surface area contributed by atoms with Crippen molar-refractivity contribution in [2.45, 2.75) is 6.04 Å². The molecule has 1 N–H and O–H groups in total. The predicted molar refractivity (Wildman–Crippen MR) is 138 cm³/mol. The largest absolute Gasteiger partial charge is 0.507 e. The number of aryl methyl sites for hydroxylation is 1. The zero-order valence-electron chi connectivity index (χ0n) is 19.1. The van der Waals surface area contributed by atoms with Crippen molar-refractivity contribution in [3.63, 3.8) is 0 Å². The summed E-state index contributed by atoms with van der Waals surface area (Å²) in [5, 5.41) is 14.4. The minimum Gasteiger partial charge on any atom is -0.507 e. The first kappa shape index (κ1) is 20.9. The first-order valence-electron chi connectivity index (χ1n) is 11.4. The Morgan fingerprint density at radius 3 is 2.29 bits per heavy atom. The number of para-hydroxylation sites is 2. The molecule has 1 saturated heterocycles. The first-order valence-corrected chi connectivity index (χ1v) is 11.4. The Labute approximate surface area is 202 Å². The molecule has 0 spiro atoms. The molecular formula is C30H22N2O3. The number of fused-ring (bicyclic) bond motifs is 2. The van der Waals surface area contributed by atoms with Gasteiger partial charge in [0.2, 0.25) is 0 Å². The zero-order chi connectivity index (χ0) is 24.1. The maximum absolute atomic E-state index is 13.5. The molecule has 0 saturated carbocycles. The Bertz CT molecular complexity index is 1660. The third-order valence-electron chi connectivity index (χ3n) is 6.72. The molecule has 1 aromatic heterocycles. The maximum atomic E-state index is 13.5. The molecule has 1 unspecified atom stereocenters. The third kappa shape index (κ3) is 3.24. The monoisotopic (exact) mass is 458 g/mol. The first-order chi connectivity index (χ1) is 17.0. The van der Waals surface area contributed by atoms with E-state index in [1.54, 1.807) is 18.2 Å². The summed E-state index contributed by atoms with van der Waals surface area (Å²) in [5.74, 6) is -1.53. The Morgan fingerprint density at radius 2 is 1.49 bits per heavy atom. The number of anilines is 1. The number of ketones is 1. The van der Waals surface area contributed by atoms with Crippen molar-refractivity contribution in [2.75, 3.05) is 4.90 Å². The van der Waals surface area contributed by atoms with Gasteiger partial charge in [0.1, 0.15) is 5.76 Å². The van der Waals surface area contributed by atoms with E-state index in [2.05, 4.69) is 0 Å². The van der Waals surface area contributed by atoms with Gasteiger partial charge >= 0.3 is 0 Å². The highest BCUT2D eigenvalue weighted by Crippen LogP contribution is 2.44. The molecule has 1 atom stereocenters. The van der Waals surface area contributed by atoms with Crippen LogP contribution in [-0.4, -0.2) is 21.4 Å². The Hall–Kier alpha value is -4.64. The summed E-state index contributed by atoms with van der Waals surface area (Å²) in [6, 6.07) is 29.6. The highest BCUT2D eigenvalue weighted by Gasteiger charge is 2.47. The van der Waals surface area contributed by atoms with E-state index in [4.69, 9.17) is 0 Å². The van der Waals surface area contributed by atoms with E-state index in [0.717, 1.165) is 27.2 Å². The van der Waals surface area contributed by atoms with Crippen molar-refractivity contribution in [1.29, 1.82) is 0 Å². The summed E-state index contributed by atoms with van der Waals surface area (Å²) in [6.07, 6.45) is 1.94. The summed E-state index contributed by atoms with van der Waals surface area (Å²) < 4.78 is 1.98. The van der Waals surface area contributed by atoms with Gasteiger partial charge in [-0.25, -0.2) is 0 Å². The SMILES string of the molecule is Cn1cc(C2/C(=C(\O)c3ccc4ccccc4c3)C(=O)C(=O)N2c2ccccc2)c2ccccc21. The number of hydrogen-bond acceptors (Lipinski definition) is 3. The Balaban J connectivity index is 1.63. The second-order valence-corrected chi connectivity index (χ2v) is 8.78. The normalized spacial score (nSPS) is 17.5. The minimum absolute atomic E-state index is 0.0884. The van der Waals surface area contributed by atoms with Gasteiger partial charge in [-0.1, -0.05) is 72.8 Å². The van der Waals surface area contributed by atoms with Gasteiger partial charge in [0.05, 0.1) is 11.6 Å². The molecule has 5 nitrogen and oxygen atoms in total. The number of carbonyl (C=O) groups excluding carboxylic acids is 2. The maximum Gasteiger partial charge on any atom is 0.300 e. The molecule has 0 aliphatic carbocycles. The molecule has 4 aromatic carbocycles. The summed E-state index contributed by atoms with van der Waals surface area (Å²) in [6.45, 7) is 0. The summed E-state index contributed by atoms with van der Waals surface area (Å²) >= 11 is 0. The number of aromatic nitrogens is 1. The van der Waals surface area contributed by atoms with Crippen molar-refractivity contribution in [3.8, 4) is 0 Å². The van der Waals surface area contributed by atoms with Crippen LogP contribution in [0.2, 0.25) is 0 Å². The summed E-state index contributed by atoms with van der Waals surface area (Å²) in [4.78, 5) is 28.4. The molecule has 1 fully saturated rings. The zero-order valence-corrected chi connectivity index (χ0v) is 19.1. The van der Waals surface area contributed by atoms with E-state index in [1.807, 2.05) is 96.7 Å². The highest BCUT2D eigenvalue weighted by molar-refractivity contribution is 6.52. The van der Waals surface area contributed by atoms with Crippen LogP contribution >= 0.6 is 0 Å². The van der Waals surface area contributed by atoms with E-state index in [1.165, 1.54) is 4.90 Å². The van der Waals surface area contributed by atoms with Gasteiger partial charge in [-0.3, -0.25) is 14.5 Å². The second-order valence-electron chi connectivity index (χ2n) is 8.78. The molecule has 6 rings (SSSR count). The fourth-order valence-corrected chi connectivity index (χ4v) is 5.06. The van der Waals surface area contributed by atoms with Gasteiger partial charge < -0.3 is 9.67 Å². The molecule has 35 heavy (non-hydrogen) atoms. The smallest absolute Gasteiger partial charge is 0.300 e. The lowest BCUT2D eigenvalue weighted by Crippen LogP contribution is -2.29. The lowest BCUT2D eigenvalue weighted by molar-refractivity contribution is -0.132. The van der Waals surface area contributed by atoms with Gasteiger partial charge in [-0.2, -0.15) is 0 Å². The molecule has 1 aliphatic rings. The number of rotatable bonds is 3. The van der Waals surface area contributed by atoms with Crippen molar-refractivity contribution < 1.29 is 14.7 Å². The van der Waals surface area contributed by atoms with Crippen molar-refractivity contribution in [1.82, 2.24) is 4.57 Å². The summed E-state index contributed by atoms with van der Waals surface area (Å²) in [7, 11) is 1.93. The van der Waals surface area contributed by atoms with Crippen LogP contribution in [0.25, 0.3) is 27.4 Å². The van der Waals surface area contributed by atoms with Crippen LogP contribution in [0.3, 0.4) is 0 Å². The molecular weight excluding hydrogens is 436 g/mol. The Morgan fingerprint density at radius 1 is 0.800 bits per heavy atom. The molecule has 1 aliphatic heterocycles. The quantitative estimate of drug-likeness (QED) is 0.206. The number of benzene rings is 4. The lowest BCUT2D eigenvalue weighted by atomic mass is 9.94. The van der Waals surface area contributed by atoms with Crippen molar-refractivity contribution in [2.24, 2.45) is 7.05 Å². The number of aliphatic hydroxyl groups excluding tert-OH is 1. The van der Waals surface area contributed by atoms with Gasteiger partial charge in [0.25, 0.3) is 11.7 Å². The number of Topliss-reactive ketones (excluding diaryl/α,β-unsaturated/α-hetero) is 1. The fraction of sp³-hybridized carbons (Fsp3) is 0.0667. The molecule has 5 heteroatoms. The topological polar surface area (TPSA) is 62.5 Å². The van der Waals surface area contributed by atoms with Crippen LogP contribution < -0.4 is 4.90 Å². The summed E-state index contributed by atoms with van der Waals surface area (Å²) in [5.41, 5.74) is 2.95. The molecule has 0 radical (unpaired) electrons. The van der Waals surface area contributed by atoms with Crippen LogP contribution in [0.15, 0.2) is 109 Å². The van der Waals surface area contributed by atoms with E-state index in [0.29, 0.717) is 11.3 Å². The molecule has 5 aromatic rings. The van der Waals surface area contributed by atoms with E-state index < -0.39 is 17.7 Å². The van der Waals surface area contributed by atoms with E-state index in [9.17, 15) is 14.7 Å². The highest BCUT2D eigenvalue weighted by atomic mass is 16.3. The van der Waals surface area contributed by atoms with E-state index >= 15 is 0 Å². The fourth-order valence-electron chi connectivity index (χ4n) is 5.06. The number of aliphatic hydroxyl groups is 1.